The van der Waals surface area contributed by atoms with Gasteiger partial charge in [-0.25, -0.2) is 4.98 Å². The molecular weight excluding hydrogens is 286 g/mol. The predicted molar refractivity (Wildman–Crippen MR) is 91.9 cm³/mol. The van der Waals surface area contributed by atoms with E-state index < -0.39 is 0 Å². The van der Waals surface area contributed by atoms with Gasteiger partial charge >= 0.3 is 0 Å². The Labute approximate surface area is 131 Å². The number of rotatable bonds is 7. The fourth-order valence-electron chi connectivity index (χ4n) is 2.86. The summed E-state index contributed by atoms with van der Waals surface area (Å²) in [5, 5.41) is 5.04. The van der Waals surface area contributed by atoms with E-state index in [2.05, 4.69) is 65.5 Å². The first-order valence-corrected chi connectivity index (χ1v) is 9.80. The summed E-state index contributed by atoms with van der Waals surface area (Å²) in [6, 6.07) is 0.524. The van der Waals surface area contributed by atoms with Crippen molar-refractivity contribution in [3.8, 4) is 0 Å². The number of aryl methyl sites for hydroxylation is 1. The molecule has 3 atom stereocenters. The van der Waals surface area contributed by atoms with Crippen LogP contribution < -0.4 is 5.32 Å². The molecule has 0 amide bonds. The Hall–Kier alpha value is -0.130. The van der Waals surface area contributed by atoms with Gasteiger partial charge in [0.15, 0.2) is 0 Å². The Kier molecular flexibility index (Phi) is 6.78. The Morgan fingerprint density at radius 2 is 2.20 bits per heavy atom. The first-order valence-electron chi connectivity index (χ1n) is 7.70. The lowest BCUT2D eigenvalue weighted by Gasteiger charge is -2.35. The third kappa shape index (κ3) is 3.95. The Bertz CT molecular complexity index is 394. The van der Waals surface area contributed by atoms with Crippen LogP contribution in [0.15, 0.2) is 12.4 Å². The fourth-order valence-corrected chi connectivity index (χ4v) is 6.17. The highest BCUT2D eigenvalue weighted by Crippen LogP contribution is 2.35. The second-order valence-electron chi connectivity index (χ2n) is 5.29. The van der Waals surface area contributed by atoms with Crippen molar-refractivity contribution in [2.45, 2.75) is 56.2 Å². The molecule has 2 heterocycles. The monoisotopic (exact) mass is 313 g/mol. The van der Waals surface area contributed by atoms with Crippen LogP contribution in [0.3, 0.4) is 0 Å². The van der Waals surface area contributed by atoms with E-state index in [9.17, 15) is 0 Å². The van der Waals surface area contributed by atoms with Crippen LogP contribution in [0, 0.1) is 0 Å². The maximum atomic E-state index is 4.58. The maximum Gasteiger partial charge on any atom is 0.110 e. The lowest BCUT2D eigenvalue weighted by atomic mass is 10.1. The molecular formula is C15H27N3S2. The highest BCUT2D eigenvalue weighted by molar-refractivity contribution is 8.07. The standard InChI is InChI=1S/C15H27N3S2/c1-4-7-18-8-6-17-14(18)11-12(16-3)15-13(5-2)19-9-10-20-15/h6,8,12-13,15-16H,4-5,7,9-11H2,1-3H3. The number of aromatic nitrogens is 2. The summed E-state index contributed by atoms with van der Waals surface area (Å²) in [6.07, 6.45) is 7.53. The van der Waals surface area contributed by atoms with Gasteiger partial charge < -0.3 is 9.88 Å². The van der Waals surface area contributed by atoms with Gasteiger partial charge in [0, 0.05) is 53.4 Å². The number of hydrogen-bond acceptors (Lipinski definition) is 4. The summed E-state index contributed by atoms with van der Waals surface area (Å²) >= 11 is 4.30. The Morgan fingerprint density at radius 1 is 1.40 bits per heavy atom. The lowest BCUT2D eigenvalue weighted by Crippen LogP contribution is -2.45. The minimum absolute atomic E-state index is 0.524. The maximum absolute atomic E-state index is 4.58. The van der Waals surface area contributed by atoms with E-state index in [1.54, 1.807) is 0 Å². The SMILES string of the molecule is CCCn1ccnc1CC(NC)C1SCCSC1CC. The van der Waals surface area contributed by atoms with E-state index in [1.807, 2.05) is 6.20 Å². The number of imidazole rings is 1. The number of thioether (sulfide) groups is 2. The molecule has 3 nitrogen and oxygen atoms in total. The number of nitrogens with zero attached hydrogens (tertiary/aromatic N) is 2. The van der Waals surface area contributed by atoms with Gasteiger partial charge in [0.1, 0.15) is 5.82 Å². The molecule has 5 heteroatoms. The molecule has 20 heavy (non-hydrogen) atoms. The molecule has 114 valence electrons. The molecule has 1 aromatic rings. The topological polar surface area (TPSA) is 29.9 Å². The molecule has 1 aliphatic rings. The summed E-state index contributed by atoms with van der Waals surface area (Å²) in [4.78, 5) is 4.58. The van der Waals surface area contributed by atoms with Gasteiger partial charge in [-0.3, -0.25) is 0 Å². The van der Waals surface area contributed by atoms with Gasteiger partial charge in [-0.1, -0.05) is 13.8 Å². The van der Waals surface area contributed by atoms with E-state index in [0.29, 0.717) is 11.3 Å². The molecule has 0 aromatic carbocycles. The first-order chi connectivity index (χ1) is 9.80. The molecule has 2 rings (SSSR count). The lowest BCUT2D eigenvalue weighted by molar-refractivity contribution is 0.492. The van der Waals surface area contributed by atoms with E-state index >= 15 is 0 Å². The van der Waals surface area contributed by atoms with Gasteiger partial charge in [-0.05, 0) is 19.9 Å². The van der Waals surface area contributed by atoms with Crippen LogP contribution in [-0.4, -0.2) is 44.6 Å². The highest BCUT2D eigenvalue weighted by Gasteiger charge is 2.31. The van der Waals surface area contributed by atoms with Crippen LogP contribution in [0.5, 0.6) is 0 Å². The molecule has 0 spiro atoms. The molecule has 1 aliphatic heterocycles. The third-order valence-corrected chi connectivity index (χ3v) is 7.34. The molecule has 1 aromatic heterocycles. The Balaban J connectivity index is 2.05. The van der Waals surface area contributed by atoms with E-state index in [-0.39, 0.29) is 0 Å². The highest BCUT2D eigenvalue weighted by atomic mass is 32.2. The largest absolute Gasteiger partial charge is 0.335 e. The number of nitrogens with one attached hydrogen (secondary N) is 1. The summed E-state index contributed by atoms with van der Waals surface area (Å²) in [5.41, 5.74) is 0. The van der Waals surface area contributed by atoms with Gasteiger partial charge in [-0.2, -0.15) is 23.5 Å². The molecule has 1 fully saturated rings. The summed E-state index contributed by atoms with van der Waals surface area (Å²) in [5.74, 6) is 3.82. The number of hydrogen-bond donors (Lipinski definition) is 1. The number of likely N-dealkylation sites (N-methyl/N-ethyl adjacent to an activating group) is 1. The van der Waals surface area contributed by atoms with Crippen LogP contribution in [0.25, 0.3) is 0 Å². The zero-order valence-electron chi connectivity index (χ0n) is 12.8. The van der Waals surface area contributed by atoms with Gasteiger partial charge in [0.2, 0.25) is 0 Å². The molecule has 0 bridgehead atoms. The zero-order valence-corrected chi connectivity index (χ0v) is 14.5. The smallest absolute Gasteiger partial charge is 0.110 e. The van der Waals surface area contributed by atoms with Crippen LogP contribution in [0.2, 0.25) is 0 Å². The van der Waals surface area contributed by atoms with E-state index in [1.165, 1.54) is 30.2 Å². The van der Waals surface area contributed by atoms with E-state index in [4.69, 9.17) is 0 Å². The van der Waals surface area contributed by atoms with Crippen molar-refractivity contribution in [3.05, 3.63) is 18.2 Å². The fraction of sp³-hybridized carbons (Fsp3) is 0.800. The molecule has 1 saturated heterocycles. The molecule has 0 saturated carbocycles. The van der Waals surface area contributed by atoms with Crippen LogP contribution in [-0.2, 0) is 13.0 Å². The van der Waals surface area contributed by atoms with Gasteiger partial charge in [0.25, 0.3) is 0 Å². The molecule has 3 unspecified atom stereocenters. The minimum Gasteiger partial charge on any atom is -0.335 e. The van der Waals surface area contributed by atoms with Crippen molar-refractivity contribution in [2.75, 3.05) is 18.6 Å². The first kappa shape index (κ1) is 16.2. The van der Waals surface area contributed by atoms with Gasteiger partial charge in [0.05, 0.1) is 0 Å². The normalized spacial score (nSPS) is 24.8. The molecule has 0 aliphatic carbocycles. The summed E-state index contributed by atoms with van der Waals surface area (Å²) in [6.45, 7) is 5.62. The van der Waals surface area contributed by atoms with E-state index in [0.717, 1.165) is 18.2 Å². The zero-order chi connectivity index (χ0) is 14.4. The summed E-state index contributed by atoms with van der Waals surface area (Å²) < 4.78 is 2.31. The van der Waals surface area contributed by atoms with Crippen molar-refractivity contribution >= 4 is 23.5 Å². The minimum atomic E-state index is 0.524. The third-order valence-electron chi connectivity index (χ3n) is 3.93. The van der Waals surface area contributed by atoms with Crippen molar-refractivity contribution in [2.24, 2.45) is 0 Å². The van der Waals surface area contributed by atoms with Crippen LogP contribution >= 0.6 is 23.5 Å². The average molecular weight is 314 g/mol. The van der Waals surface area contributed by atoms with Gasteiger partial charge in [-0.15, -0.1) is 0 Å². The second kappa shape index (κ2) is 8.35. The second-order valence-corrected chi connectivity index (χ2v) is 7.92. The van der Waals surface area contributed by atoms with Crippen molar-refractivity contribution < 1.29 is 0 Å². The summed E-state index contributed by atoms with van der Waals surface area (Å²) in [7, 11) is 2.10. The Morgan fingerprint density at radius 3 is 2.90 bits per heavy atom. The van der Waals surface area contributed by atoms with Crippen LogP contribution in [0.4, 0.5) is 0 Å². The van der Waals surface area contributed by atoms with Crippen molar-refractivity contribution in [1.29, 1.82) is 0 Å². The molecule has 1 N–H and O–H groups in total. The molecule has 0 radical (unpaired) electrons. The van der Waals surface area contributed by atoms with Crippen LogP contribution in [0.1, 0.15) is 32.5 Å². The van der Waals surface area contributed by atoms with Crippen molar-refractivity contribution in [1.82, 2.24) is 14.9 Å². The van der Waals surface area contributed by atoms with Crippen molar-refractivity contribution in [3.63, 3.8) is 0 Å². The predicted octanol–water partition coefficient (Wildman–Crippen LogP) is 3.05. The quantitative estimate of drug-likeness (QED) is 0.838. The average Bonchev–Trinajstić information content (AvgIpc) is 2.92.